The molecule has 2 heterocycles. The molecule has 2 fully saturated rings. The smallest absolute Gasteiger partial charge is 0.414 e. The number of amides is 1. The van der Waals surface area contributed by atoms with Crippen LogP contribution in [0.4, 0.5) is 20.6 Å². The first-order chi connectivity index (χ1) is 11.6. The van der Waals surface area contributed by atoms with E-state index in [-0.39, 0.29) is 25.3 Å². The molecule has 8 nitrogen and oxygen atoms in total. The maximum Gasteiger partial charge on any atom is 0.414 e. The fourth-order valence-electron chi connectivity index (χ4n) is 2.82. The van der Waals surface area contributed by atoms with Crippen LogP contribution in [0.1, 0.15) is 6.42 Å². The molecule has 0 radical (unpaired) electrons. The summed E-state index contributed by atoms with van der Waals surface area (Å²) >= 11 is 0. The van der Waals surface area contributed by atoms with Crippen molar-refractivity contribution in [2.24, 2.45) is 5.11 Å². The number of piperidine rings is 1. The number of azide groups is 1. The molecule has 2 aliphatic rings. The number of carbonyl (C=O) groups excluding carboxylic acids is 2. The molecule has 0 N–H and O–H groups in total. The number of alkyl halides is 1. The highest BCUT2D eigenvalue weighted by atomic mass is 19.1. The third-order valence-electron chi connectivity index (χ3n) is 4.11. The van der Waals surface area contributed by atoms with Gasteiger partial charge in [0.15, 0.2) is 12.0 Å². The second-order valence-electron chi connectivity index (χ2n) is 5.68. The second kappa shape index (κ2) is 6.76. The van der Waals surface area contributed by atoms with Crippen molar-refractivity contribution in [3.05, 3.63) is 34.7 Å². The molecule has 0 aromatic heterocycles. The molecule has 1 aromatic carbocycles. The highest BCUT2D eigenvalue weighted by Gasteiger charge is 2.32. The Morgan fingerprint density at radius 1 is 1.25 bits per heavy atom. The van der Waals surface area contributed by atoms with Gasteiger partial charge in [-0.05, 0) is 29.8 Å². The standard InChI is InChI=1S/C15H16FN5O3/c16-13-9-20(6-5-14(13)22)10-1-3-11(4-2-10)21-8-12(7-18-19-17)24-15(21)23/h1-4,12-13H,5-9H2/t12-,13?/m0/s1. The van der Waals surface area contributed by atoms with Crippen LogP contribution in [-0.4, -0.2) is 50.3 Å². The summed E-state index contributed by atoms with van der Waals surface area (Å²) in [4.78, 5) is 29.1. The number of carbonyl (C=O) groups is 2. The van der Waals surface area contributed by atoms with Crippen molar-refractivity contribution in [3.63, 3.8) is 0 Å². The van der Waals surface area contributed by atoms with E-state index in [0.29, 0.717) is 18.8 Å². The predicted octanol–water partition coefficient (Wildman–Crippen LogP) is 2.44. The number of hydrogen-bond acceptors (Lipinski definition) is 5. The van der Waals surface area contributed by atoms with E-state index in [1.807, 2.05) is 4.90 Å². The summed E-state index contributed by atoms with van der Waals surface area (Å²) in [6.45, 7) is 0.940. The number of cyclic esters (lactones) is 1. The minimum Gasteiger partial charge on any atom is -0.444 e. The highest BCUT2D eigenvalue weighted by Crippen LogP contribution is 2.26. The lowest BCUT2D eigenvalue weighted by atomic mass is 10.1. The number of benzene rings is 1. The lowest BCUT2D eigenvalue weighted by molar-refractivity contribution is -0.124. The van der Waals surface area contributed by atoms with Crippen molar-refractivity contribution >= 4 is 23.3 Å². The molecular formula is C15H16FN5O3. The van der Waals surface area contributed by atoms with E-state index in [1.54, 1.807) is 24.3 Å². The molecule has 3 rings (SSSR count). The third-order valence-corrected chi connectivity index (χ3v) is 4.11. The minimum atomic E-state index is -1.45. The van der Waals surface area contributed by atoms with Crippen molar-refractivity contribution in [2.75, 3.05) is 36.0 Å². The maximum atomic E-state index is 13.5. The molecule has 1 aromatic rings. The zero-order valence-electron chi connectivity index (χ0n) is 12.8. The monoisotopic (exact) mass is 333 g/mol. The van der Waals surface area contributed by atoms with Crippen LogP contribution < -0.4 is 9.80 Å². The van der Waals surface area contributed by atoms with Gasteiger partial charge in [0, 0.05) is 29.3 Å². The quantitative estimate of drug-likeness (QED) is 0.480. The van der Waals surface area contributed by atoms with Gasteiger partial charge in [-0.25, -0.2) is 9.18 Å². The number of nitrogens with zero attached hydrogens (tertiary/aromatic N) is 5. The molecule has 9 heteroatoms. The van der Waals surface area contributed by atoms with Crippen molar-refractivity contribution in [2.45, 2.75) is 18.7 Å². The number of Topliss-reactive ketones (excluding diaryl/α,β-unsaturated/α-hetero) is 1. The van der Waals surface area contributed by atoms with Gasteiger partial charge < -0.3 is 9.64 Å². The number of ether oxygens (including phenoxy) is 1. The lowest BCUT2D eigenvalue weighted by Gasteiger charge is -2.30. The fraction of sp³-hybridized carbons (Fsp3) is 0.467. The second-order valence-corrected chi connectivity index (χ2v) is 5.68. The molecule has 24 heavy (non-hydrogen) atoms. The van der Waals surface area contributed by atoms with Crippen LogP contribution in [0.3, 0.4) is 0 Å². The van der Waals surface area contributed by atoms with Crippen LogP contribution in [-0.2, 0) is 9.53 Å². The Labute approximate surface area is 137 Å². The van der Waals surface area contributed by atoms with Crippen LogP contribution in [0.15, 0.2) is 29.4 Å². The van der Waals surface area contributed by atoms with Gasteiger partial charge in [-0.2, -0.15) is 0 Å². The summed E-state index contributed by atoms with van der Waals surface area (Å²) in [6.07, 6.45) is -2.21. The number of rotatable bonds is 4. The first kappa shape index (κ1) is 16.1. The summed E-state index contributed by atoms with van der Waals surface area (Å²) in [5.74, 6) is -0.353. The Hall–Kier alpha value is -2.80. The van der Waals surface area contributed by atoms with Crippen molar-refractivity contribution in [3.8, 4) is 0 Å². The molecule has 0 bridgehead atoms. The Morgan fingerprint density at radius 3 is 2.62 bits per heavy atom. The van der Waals surface area contributed by atoms with Crippen LogP contribution in [0, 0.1) is 0 Å². The molecule has 126 valence electrons. The average molecular weight is 333 g/mol. The lowest BCUT2D eigenvalue weighted by Crippen LogP contribution is -2.42. The van der Waals surface area contributed by atoms with E-state index in [4.69, 9.17) is 10.3 Å². The van der Waals surface area contributed by atoms with Crippen LogP contribution in [0.25, 0.3) is 10.4 Å². The van der Waals surface area contributed by atoms with Crippen LogP contribution in [0.2, 0.25) is 0 Å². The van der Waals surface area contributed by atoms with Gasteiger partial charge in [-0.3, -0.25) is 9.69 Å². The van der Waals surface area contributed by atoms with E-state index in [1.165, 1.54) is 4.90 Å². The molecular weight excluding hydrogens is 317 g/mol. The molecule has 1 amide bonds. The molecule has 2 atom stereocenters. The average Bonchev–Trinajstić information content (AvgIpc) is 2.96. The number of hydrogen-bond donors (Lipinski definition) is 0. The van der Waals surface area contributed by atoms with Gasteiger partial charge in [0.2, 0.25) is 0 Å². The number of anilines is 2. The van der Waals surface area contributed by atoms with E-state index >= 15 is 0 Å². The van der Waals surface area contributed by atoms with Gasteiger partial charge in [-0.15, -0.1) is 0 Å². The third kappa shape index (κ3) is 3.26. The van der Waals surface area contributed by atoms with E-state index in [0.717, 1.165) is 5.69 Å². The van der Waals surface area contributed by atoms with E-state index in [9.17, 15) is 14.0 Å². The van der Waals surface area contributed by atoms with Gasteiger partial charge >= 0.3 is 6.09 Å². The van der Waals surface area contributed by atoms with E-state index in [2.05, 4.69) is 10.0 Å². The van der Waals surface area contributed by atoms with Crippen molar-refractivity contribution < 1.29 is 18.7 Å². The normalized spacial score (nSPS) is 23.9. The Balaban J connectivity index is 1.67. The molecule has 2 saturated heterocycles. The summed E-state index contributed by atoms with van der Waals surface area (Å²) in [5, 5.41) is 3.41. The Bertz CT molecular complexity index is 689. The SMILES string of the molecule is [N-]=[N+]=NC[C@H]1CN(c2ccc(N3CCC(=O)C(F)C3)cc2)C(=O)O1. The minimum absolute atomic E-state index is 0.0537. The maximum absolute atomic E-state index is 13.5. The zero-order valence-corrected chi connectivity index (χ0v) is 12.8. The number of halogens is 1. The first-order valence-electron chi connectivity index (χ1n) is 7.59. The first-order valence-corrected chi connectivity index (χ1v) is 7.59. The van der Waals surface area contributed by atoms with Crippen LogP contribution >= 0.6 is 0 Å². The molecule has 0 saturated carbocycles. The summed E-state index contributed by atoms with van der Waals surface area (Å²) in [7, 11) is 0. The van der Waals surface area contributed by atoms with Crippen LogP contribution in [0.5, 0.6) is 0 Å². The zero-order chi connectivity index (χ0) is 17.1. The topological polar surface area (TPSA) is 98.6 Å². The fourth-order valence-corrected chi connectivity index (χ4v) is 2.82. The van der Waals surface area contributed by atoms with E-state index < -0.39 is 18.4 Å². The van der Waals surface area contributed by atoms with Crippen molar-refractivity contribution in [1.29, 1.82) is 0 Å². The molecule has 0 spiro atoms. The largest absolute Gasteiger partial charge is 0.444 e. The van der Waals surface area contributed by atoms with Gasteiger partial charge in [0.1, 0.15) is 6.10 Å². The molecule has 0 aliphatic carbocycles. The van der Waals surface area contributed by atoms with Crippen molar-refractivity contribution in [1.82, 2.24) is 0 Å². The van der Waals surface area contributed by atoms with Gasteiger partial charge in [-0.1, -0.05) is 5.11 Å². The summed E-state index contributed by atoms with van der Waals surface area (Å²) in [5.41, 5.74) is 9.76. The predicted molar refractivity (Wildman–Crippen MR) is 84.8 cm³/mol. The van der Waals surface area contributed by atoms with Gasteiger partial charge in [0.25, 0.3) is 0 Å². The highest BCUT2D eigenvalue weighted by molar-refractivity contribution is 5.90. The summed E-state index contributed by atoms with van der Waals surface area (Å²) < 4.78 is 18.7. The summed E-state index contributed by atoms with van der Waals surface area (Å²) in [6, 6.07) is 7.06. The van der Waals surface area contributed by atoms with Gasteiger partial charge in [0.05, 0.1) is 19.6 Å². The number of ketones is 1. The Kier molecular flexibility index (Phi) is 4.52. The molecule has 1 unspecified atom stereocenters. The Morgan fingerprint density at radius 2 is 1.96 bits per heavy atom. The molecule has 2 aliphatic heterocycles.